The van der Waals surface area contributed by atoms with Crippen LogP contribution in [0.2, 0.25) is 0 Å². The summed E-state index contributed by atoms with van der Waals surface area (Å²) >= 11 is 0. The van der Waals surface area contributed by atoms with Crippen LogP contribution in [-0.2, 0) is 0 Å². The quantitative estimate of drug-likeness (QED) is 0.816. The van der Waals surface area contributed by atoms with Crippen molar-refractivity contribution in [2.45, 2.75) is 18.9 Å². The van der Waals surface area contributed by atoms with Crippen molar-refractivity contribution in [1.82, 2.24) is 15.1 Å². The van der Waals surface area contributed by atoms with Crippen molar-refractivity contribution in [3.05, 3.63) is 29.8 Å². The number of Topliss-reactive ketones (excluding diaryl/α,β-unsaturated/α-hetero) is 1. The molecule has 0 amide bonds. The lowest BCUT2D eigenvalue weighted by atomic mass is 10.1. The number of ether oxygens (including phenoxy) is 1. The van der Waals surface area contributed by atoms with Crippen LogP contribution in [0.5, 0.6) is 5.75 Å². The van der Waals surface area contributed by atoms with Crippen molar-refractivity contribution < 1.29 is 9.53 Å². The van der Waals surface area contributed by atoms with E-state index in [0.29, 0.717) is 6.54 Å². The molecule has 1 unspecified atom stereocenters. The van der Waals surface area contributed by atoms with E-state index < -0.39 is 0 Å². The normalized spacial score (nSPS) is 22.6. The van der Waals surface area contributed by atoms with Crippen molar-refractivity contribution in [2.24, 2.45) is 0 Å². The predicted octanol–water partition coefficient (Wildman–Crippen LogP) is 1.67. The highest BCUT2D eigenvalue weighted by atomic mass is 35.5. The Morgan fingerprint density at radius 2 is 2.00 bits per heavy atom. The van der Waals surface area contributed by atoms with E-state index in [1.54, 1.807) is 0 Å². The standard InChI is InChI=1S/C18H27N3O2.ClH/c1-20-9-11-21(12-10-20)14-17(22)16-6-2-3-7-18(16)23-15-5-4-8-19-13-15;/h2-3,6-7,15,19H,4-5,8-14H2,1H3;1H. The largest absolute Gasteiger partial charge is 0.488 e. The van der Waals surface area contributed by atoms with Crippen LogP contribution >= 0.6 is 12.4 Å². The van der Waals surface area contributed by atoms with Crippen LogP contribution < -0.4 is 10.1 Å². The van der Waals surface area contributed by atoms with Crippen LogP contribution in [0.1, 0.15) is 23.2 Å². The third-order valence-corrected chi connectivity index (χ3v) is 4.70. The van der Waals surface area contributed by atoms with Crippen LogP contribution in [0.25, 0.3) is 0 Å². The second-order valence-electron chi connectivity index (χ2n) is 6.58. The third-order valence-electron chi connectivity index (χ3n) is 4.70. The molecule has 2 aliphatic rings. The number of piperidine rings is 1. The molecule has 1 aromatic carbocycles. The number of piperazine rings is 1. The van der Waals surface area contributed by atoms with Gasteiger partial charge in [0.15, 0.2) is 5.78 Å². The first-order valence-corrected chi connectivity index (χ1v) is 8.63. The van der Waals surface area contributed by atoms with Gasteiger partial charge in [0.25, 0.3) is 0 Å². The Kier molecular flexibility index (Phi) is 7.49. The number of ketones is 1. The number of para-hydroxylation sites is 1. The van der Waals surface area contributed by atoms with Gasteiger partial charge in [0.1, 0.15) is 11.9 Å². The molecule has 2 saturated heterocycles. The van der Waals surface area contributed by atoms with Gasteiger partial charge in [-0.25, -0.2) is 0 Å². The average molecular weight is 354 g/mol. The molecule has 6 heteroatoms. The molecule has 24 heavy (non-hydrogen) atoms. The van der Waals surface area contributed by atoms with Crippen LogP contribution in [-0.4, -0.2) is 74.5 Å². The first-order chi connectivity index (χ1) is 11.2. The molecule has 2 aliphatic heterocycles. The Morgan fingerprint density at radius 1 is 1.25 bits per heavy atom. The molecule has 0 saturated carbocycles. The van der Waals surface area contributed by atoms with Gasteiger partial charge in [-0.1, -0.05) is 12.1 Å². The molecule has 2 fully saturated rings. The molecule has 0 spiro atoms. The molecule has 1 aromatic rings. The smallest absolute Gasteiger partial charge is 0.180 e. The lowest BCUT2D eigenvalue weighted by Crippen LogP contribution is -2.46. The van der Waals surface area contributed by atoms with Crippen molar-refractivity contribution >= 4 is 18.2 Å². The molecular formula is C18H28ClN3O2. The molecule has 1 N–H and O–H groups in total. The minimum atomic E-state index is 0. The fourth-order valence-electron chi connectivity index (χ4n) is 3.19. The maximum Gasteiger partial charge on any atom is 0.180 e. The zero-order valence-electron chi connectivity index (χ0n) is 14.4. The highest BCUT2D eigenvalue weighted by molar-refractivity contribution is 6.00. The summed E-state index contributed by atoms with van der Waals surface area (Å²) in [6.45, 7) is 6.37. The molecule has 0 aromatic heterocycles. The van der Waals surface area contributed by atoms with Crippen LogP contribution in [0.15, 0.2) is 24.3 Å². The minimum Gasteiger partial charge on any atom is -0.488 e. The fraction of sp³-hybridized carbons (Fsp3) is 0.611. The Bertz CT molecular complexity index is 527. The van der Waals surface area contributed by atoms with Gasteiger partial charge >= 0.3 is 0 Å². The van der Waals surface area contributed by atoms with Gasteiger partial charge in [-0.2, -0.15) is 0 Å². The molecule has 3 rings (SSSR count). The second kappa shape index (κ2) is 9.37. The number of hydrogen-bond donors (Lipinski definition) is 1. The van der Waals surface area contributed by atoms with Gasteiger partial charge in [-0.05, 0) is 38.6 Å². The van der Waals surface area contributed by atoms with Gasteiger partial charge < -0.3 is 15.0 Å². The van der Waals surface area contributed by atoms with Crippen molar-refractivity contribution in [2.75, 3.05) is 52.9 Å². The third kappa shape index (κ3) is 5.18. The Morgan fingerprint density at radius 3 is 2.71 bits per heavy atom. The number of carbonyl (C=O) groups excluding carboxylic acids is 1. The van der Waals surface area contributed by atoms with Crippen LogP contribution in [0, 0.1) is 0 Å². The van der Waals surface area contributed by atoms with Gasteiger partial charge in [0.2, 0.25) is 0 Å². The number of rotatable bonds is 5. The minimum absolute atomic E-state index is 0. The summed E-state index contributed by atoms with van der Waals surface area (Å²) in [5.41, 5.74) is 0.719. The molecule has 1 atom stereocenters. The van der Waals surface area contributed by atoms with E-state index in [4.69, 9.17) is 4.74 Å². The topological polar surface area (TPSA) is 44.8 Å². The highest BCUT2D eigenvalue weighted by Gasteiger charge is 2.21. The van der Waals surface area contributed by atoms with E-state index in [1.165, 1.54) is 0 Å². The van der Waals surface area contributed by atoms with E-state index in [9.17, 15) is 4.79 Å². The summed E-state index contributed by atoms with van der Waals surface area (Å²) in [5.74, 6) is 0.897. The van der Waals surface area contributed by atoms with E-state index in [0.717, 1.165) is 63.4 Å². The predicted molar refractivity (Wildman–Crippen MR) is 98.5 cm³/mol. The molecule has 0 aliphatic carbocycles. The summed E-state index contributed by atoms with van der Waals surface area (Å²) in [5, 5.41) is 3.35. The van der Waals surface area contributed by atoms with Crippen LogP contribution in [0.3, 0.4) is 0 Å². The summed E-state index contributed by atoms with van der Waals surface area (Å²) in [6.07, 6.45) is 2.34. The number of benzene rings is 1. The number of carbonyl (C=O) groups is 1. The fourth-order valence-corrected chi connectivity index (χ4v) is 3.19. The first kappa shape index (κ1) is 19.2. The SMILES string of the molecule is CN1CCN(CC(=O)c2ccccc2OC2CCCNC2)CC1.Cl. The van der Waals surface area contributed by atoms with Gasteiger partial charge in [-0.3, -0.25) is 9.69 Å². The van der Waals surface area contributed by atoms with Crippen molar-refractivity contribution in [3.8, 4) is 5.75 Å². The lowest BCUT2D eigenvalue weighted by molar-refractivity contribution is 0.0867. The molecular weight excluding hydrogens is 326 g/mol. The van der Waals surface area contributed by atoms with Crippen LogP contribution in [0.4, 0.5) is 0 Å². The maximum absolute atomic E-state index is 12.7. The zero-order chi connectivity index (χ0) is 16.1. The summed E-state index contributed by atoms with van der Waals surface area (Å²) in [6, 6.07) is 7.68. The first-order valence-electron chi connectivity index (χ1n) is 8.63. The lowest BCUT2D eigenvalue weighted by Gasteiger charge is -2.32. The molecule has 0 bridgehead atoms. The average Bonchev–Trinajstić information content (AvgIpc) is 2.58. The van der Waals surface area contributed by atoms with E-state index in [-0.39, 0.29) is 24.3 Å². The number of nitrogens with zero attached hydrogens (tertiary/aromatic N) is 2. The number of halogens is 1. The number of likely N-dealkylation sites (N-methyl/N-ethyl adjacent to an activating group) is 1. The van der Waals surface area contributed by atoms with Gasteiger partial charge in [-0.15, -0.1) is 12.4 Å². The van der Waals surface area contributed by atoms with Crippen molar-refractivity contribution in [1.29, 1.82) is 0 Å². The highest BCUT2D eigenvalue weighted by Crippen LogP contribution is 2.22. The van der Waals surface area contributed by atoms with E-state index >= 15 is 0 Å². The molecule has 134 valence electrons. The van der Waals surface area contributed by atoms with Crippen molar-refractivity contribution in [3.63, 3.8) is 0 Å². The zero-order valence-corrected chi connectivity index (χ0v) is 15.2. The Balaban J connectivity index is 0.00000208. The summed E-state index contributed by atoms with van der Waals surface area (Å²) < 4.78 is 6.10. The number of nitrogens with one attached hydrogen (secondary N) is 1. The Labute approximate surface area is 150 Å². The van der Waals surface area contributed by atoms with E-state index in [1.807, 2.05) is 24.3 Å². The summed E-state index contributed by atoms with van der Waals surface area (Å²) in [7, 11) is 2.13. The second-order valence-corrected chi connectivity index (χ2v) is 6.58. The summed E-state index contributed by atoms with van der Waals surface area (Å²) in [4.78, 5) is 17.2. The molecule has 5 nitrogen and oxygen atoms in total. The molecule has 2 heterocycles. The van der Waals surface area contributed by atoms with E-state index in [2.05, 4.69) is 22.2 Å². The van der Waals surface area contributed by atoms with Gasteiger partial charge in [0, 0.05) is 32.7 Å². The van der Waals surface area contributed by atoms with Gasteiger partial charge in [0.05, 0.1) is 12.1 Å². The maximum atomic E-state index is 12.7. The Hall–Kier alpha value is -1.14. The monoisotopic (exact) mass is 353 g/mol. The molecule has 0 radical (unpaired) electrons. The number of hydrogen-bond acceptors (Lipinski definition) is 5.